The highest BCUT2D eigenvalue weighted by Crippen LogP contribution is 2.34. The van der Waals surface area contributed by atoms with Crippen molar-refractivity contribution in [3.8, 4) is 0 Å². The number of aromatic nitrogens is 2. The highest BCUT2D eigenvalue weighted by Gasteiger charge is 2.32. The van der Waals surface area contributed by atoms with Crippen molar-refractivity contribution in [3.05, 3.63) is 30.1 Å². The molecule has 1 aliphatic heterocycles. The summed E-state index contributed by atoms with van der Waals surface area (Å²) in [6.07, 6.45) is 3.80. The summed E-state index contributed by atoms with van der Waals surface area (Å²) in [5, 5.41) is 0. The van der Waals surface area contributed by atoms with Crippen LogP contribution in [0.3, 0.4) is 0 Å². The van der Waals surface area contributed by atoms with E-state index in [1.165, 1.54) is 5.52 Å². The Bertz CT molecular complexity index is 689. The van der Waals surface area contributed by atoms with Gasteiger partial charge in [-0.2, -0.15) is 0 Å². The fraction of sp³-hybridized carbons (Fsp3) is 0.579. The summed E-state index contributed by atoms with van der Waals surface area (Å²) in [6.45, 7) is 8.28. The zero-order valence-corrected chi connectivity index (χ0v) is 14.5. The molecule has 2 heterocycles. The van der Waals surface area contributed by atoms with Gasteiger partial charge in [-0.25, -0.2) is 4.98 Å². The second kappa shape index (κ2) is 6.73. The summed E-state index contributed by atoms with van der Waals surface area (Å²) < 4.78 is 2.35. The topological polar surface area (TPSA) is 38.1 Å². The van der Waals surface area contributed by atoms with Crippen LogP contribution in [0.15, 0.2) is 24.3 Å². The molecule has 1 unspecified atom stereocenters. The minimum Gasteiger partial charge on any atom is -0.333 e. The van der Waals surface area contributed by atoms with Crippen LogP contribution in [0, 0.1) is 5.92 Å². The molecule has 2 aromatic rings. The molecule has 0 N–H and O–H groups in total. The molecular weight excluding hydrogens is 286 g/mol. The Hall–Kier alpha value is -1.84. The Kier molecular flexibility index (Phi) is 4.69. The molecule has 4 nitrogen and oxygen atoms in total. The molecule has 1 amide bonds. The molecule has 1 aromatic heterocycles. The van der Waals surface area contributed by atoms with E-state index < -0.39 is 0 Å². The van der Waals surface area contributed by atoms with Crippen molar-refractivity contribution in [3.63, 3.8) is 0 Å². The SMILES string of the molecule is CCC(=O)N1CCCC1c1nc2ccccc2n1CCC(C)C. The van der Waals surface area contributed by atoms with Gasteiger partial charge < -0.3 is 9.47 Å². The van der Waals surface area contributed by atoms with Crippen molar-refractivity contribution in [1.82, 2.24) is 14.5 Å². The van der Waals surface area contributed by atoms with E-state index in [1.54, 1.807) is 0 Å². The number of rotatable bonds is 5. The minimum atomic E-state index is 0.141. The maximum absolute atomic E-state index is 12.3. The van der Waals surface area contributed by atoms with Crippen LogP contribution in [0.25, 0.3) is 11.0 Å². The lowest BCUT2D eigenvalue weighted by Crippen LogP contribution is -2.31. The molecule has 0 radical (unpaired) electrons. The van der Waals surface area contributed by atoms with Gasteiger partial charge in [-0.15, -0.1) is 0 Å². The predicted molar refractivity (Wildman–Crippen MR) is 93.2 cm³/mol. The fourth-order valence-electron chi connectivity index (χ4n) is 3.51. The first-order valence-electron chi connectivity index (χ1n) is 8.86. The number of carbonyl (C=O) groups excluding carboxylic acids is 1. The molecule has 3 rings (SSSR count). The smallest absolute Gasteiger partial charge is 0.222 e. The van der Waals surface area contributed by atoms with Crippen molar-refractivity contribution in [1.29, 1.82) is 0 Å². The van der Waals surface area contributed by atoms with E-state index in [9.17, 15) is 4.79 Å². The van der Waals surface area contributed by atoms with Crippen LogP contribution in [0.5, 0.6) is 0 Å². The molecular formula is C19H27N3O. The van der Waals surface area contributed by atoms with E-state index in [2.05, 4.69) is 36.6 Å². The third-order valence-electron chi connectivity index (χ3n) is 4.79. The van der Waals surface area contributed by atoms with Gasteiger partial charge in [0.2, 0.25) is 5.91 Å². The van der Waals surface area contributed by atoms with Crippen molar-refractivity contribution < 1.29 is 4.79 Å². The number of hydrogen-bond donors (Lipinski definition) is 0. The van der Waals surface area contributed by atoms with Crippen molar-refractivity contribution in [2.75, 3.05) is 6.54 Å². The highest BCUT2D eigenvalue weighted by atomic mass is 16.2. The number of aryl methyl sites for hydroxylation is 1. The maximum Gasteiger partial charge on any atom is 0.222 e. The number of fused-ring (bicyclic) bond motifs is 1. The predicted octanol–water partition coefficient (Wildman–Crippen LogP) is 4.16. The first-order valence-corrected chi connectivity index (χ1v) is 8.86. The lowest BCUT2D eigenvalue weighted by Gasteiger charge is -2.25. The van der Waals surface area contributed by atoms with Crippen LogP contribution < -0.4 is 0 Å². The van der Waals surface area contributed by atoms with Gasteiger partial charge in [0.15, 0.2) is 0 Å². The summed E-state index contributed by atoms with van der Waals surface area (Å²) in [5.41, 5.74) is 2.24. The lowest BCUT2D eigenvalue weighted by atomic mass is 10.1. The van der Waals surface area contributed by atoms with Crippen molar-refractivity contribution in [2.24, 2.45) is 5.92 Å². The summed E-state index contributed by atoms with van der Waals surface area (Å²) in [6, 6.07) is 8.47. The molecule has 0 aliphatic carbocycles. The van der Waals surface area contributed by atoms with Gasteiger partial charge in [-0.05, 0) is 37.3 Å². The van der Waals surface area contributed by atoms with Crippen LogP contribution in [0.1, 0.15) is 58.3 Å². The molecule has 1 aliphatic rings. The average Bonchev–Trinajstić information content (AvgIpc) is 3.16. The number of benzene rings is 1. The van der Waals surface area contributed by atoms with Gasteiger partial charge in [0.05, 0.1) is 17.1 Å². The molecule has 0 bridgehead atoms. The van der Waals surface area contributed by atoms with E-state index in [0.717, 1.165) is 43.7 Å². The van der Waals surface area contributed by atoms with E-state index in [4.69, 9.17) is 4.98 Å². The first-order chi connectivity index (χ1) is 11.1. The second-order valence-electron chi connectivity index (χ2n) is 6.89. The van der Waals surface area contributed by atoms with E-state index in [-0.39, 0.29) is 11.9 Å². The highest BCUT2D eigenvalue weighted by molar-refractivity contribution is 5.78. The molecule has 1 atom stereocenters. The fourth-order valence-corrected chi connectivity index (χ4v) is 3.51. The van der Waals surface area contributed by atoms with Crippen LogP contribution >= 0.6 is 0 Å². The standard InChI is InChI=1S/C19H27N3O/c1-4-18(23)21-12-7-10-17(21)19-20-15-8-5-6-9-16(15)22(19)13-11-14(2)3/h5-6,8-9,14,17H,4,7,10-13H2,1-3H3. The number of hydrogen-bond acceptors (Lipinski definition) is 2. The second-order valence-corrected chi connectivity index (χ2v) is 6.89. The van der Waals surface area contributed by atoms with Crippen LogP contribution in [0.2, 0.25) is 0 Å². The number of nitrogens with zero attached hydrogens (tertiary/aromatic N) is 3. The Morgan fingerprint density at radius 2 is 2.13 bits per heavy atom. The zero-order chi connectivity index (χ0) is 16.4. The Balaban J connectivity index is 2.01. The number of para-hydroxylation sites is 2. The Morgan fingerprint density at radius 1 is 1.35 bits per heavy atom. The average molecular weight is 313 g/mol. The quantitative estimate of drug-likeness (QED) is 0.831. The summed E-state index contributed by atoms with van der Waals surface area (Å²) in [7, 11) is 0. The van der Waals surface area contributed by atoms with Gasteiger partial charge in [-0.1, -0.05) is 32.9 Å². The van der Waals surface area contributed by atoms with Gasteiger partial charge in [0, 0.05) is 19.5 Å². The van der Waals surface area contributed by atoms with Gasteiger partial charge in [0.1, 0.15) is 5.82 Å². The molecule has 0 saturated carbocycles. The van der Waals surface area contributed by atoms with Gasteiger partial charge >= 0.3 is 0 Å². The van der Waals surface area contributed by atoms with Gasteiger partial charge in [0.25, 0.3) is 0 Å². The maximum atomic E-state index is 12.3. The lowest BCUT2D eigenvalue weighted by molar-refractivity contribution is -0.131. The largest absolute Gasteiger partial charge is 0.333 e. The molecule has 0 spiro atoms. The van der Waals surface area contributed by atoms with E-state index in [0.29, 0.717) is 12.3 Å². The van der Waals surface area contributed by atoms with Crippen LogP contribution in [-0.2, 0) is 11.3 Å². The number of likely N-dealkylation sites (tertiary alicyclic amines) is 1. The number of carbonyl (C=O) groups is 1. The normalized spacial score (nSPS) is 18.3. The third-order valence-corrected chi connectivity index (χ3v) is 4.79. The molecule has 4 heteroatoms. The van der Waals surface area contributed by atoms with Crippen LogP contribution in [-0.4, -0.2) is 26.9 Å². The van der Waals surface area contributed by atoms with E-state index >= 15 is 0 Å². The van der Waals surface area contributed by atoms with Crippen molar-refractivity contribution in [2.45, 2.75) is 59.0 Å². The monoisotopic (exact) mass is 313 g/mol. The Labute approximate surface area is 138 Å². The van der Waals surface area contributed by atoms with Gasteiger partial charge in [-0.3, -0.25) is 4.79 Å². The minimum absolute atomic E-state index is 0.141. The molecule has 1 fully saturated rings. The number of imidazole rings is 1. The molecule has 1 aromatic carbocycles. The summed E-state index contributed by atoms with van der Waals surface area (Å²) in [5.74, 6) is 1.97. The Morgan fingerprint density at radius 3 is 2.87 bits per heavy atom. The summed E-state index contributed by atoms with van der Waals surface area (Å²) >= 11 is 0. The van der Waals surface area contributed by atoms with Crippen LogP contribution in [0.4, 0.5) is 0 Å². The molecule has 23 heavy (non-hydrogen) atoms. The number of amides is 1. The summed E-state index contributed by atoms with van der Waals surface area (Å²) in [4.78, 5) is 19.2. The zero-order valence-electron chi connectivity index (χ0n) is 14.5. The molecule has 124 valence electrons. The first kappa shape index (κ1) is 16.0. The molecule has 1 saturated heterocycles. The van der Waals surface area contributed by atoms with E-state index in [1.807, 2.05) is 17.9 Å². The van der Waals surface area contributed by atoms with Crippen molar-refractivity contribution >= 4 is 16.9 Å². The third kappa shape index (κ3) is 3.12.